The highest BCUT2D eigenvalue weighted by Gasteiger charge is 2.63. The first kappa shape index (κ1) is 19.9. The number of amides is 1. The Kier molecular flexibility index (Phi) is 4.88. The molecule has 3 heterocycles. The molecule has 5 atom stereocenters. The maximum Gasteiger partial charge on any atom is 0.412 e. The van der Waals surface area contributed by atoms with Crippen LogP contribution in [0.2, 0.25) is 0 Å². The average Bonchev–Trinajstić information content (AvgIpc) is 3.12. The third-order valence-corrected chi connectivity index (χ3v) is 5.05. The van der Waals surface area contributed by atoms with Crippen LogP contribution < -0.4 is 0 Å². The minimum atomic E-state index is -0.904. The highest BCUT2D eigenvalue weighted by molar-refractivity contribution is 5.83. The summed E-state index contributed by atoms with van der Waals surface area (Å²) in [6, 6.07) is -1.63. The Hall–Kier alpha value is -1.87. The van der Waals surface area contributed by atoms with Gasteiger partial charge in [0.15, 0.2) is 0 Å². The van der Waals surface area contributed by atoms with Gasteiger partial charge in [-0.05, 0) is 48.0 Å². The van der Waals surface area contributed by atoms with Crippen LogP contribution in [0.4, 0.5) is 4.79 Å². The van der Waals surface area contributed by atoms with Gasteiger partial charge in [-0.15, -0.1) is 5.06 Å². The number of nitrogens with zero attached hydrogens (tertiary/aromatic N) is 2. The van der Waals surface area contributed by atoms with E-state index in [-0.39, 0.29) is 13.2 Å². The quantitative estimate of drug-likeness (QED) is 0.675. The predicted molar refractivity (Wildman–Crippen MR) is 92.1 cm³/mol. The number of hydroxylamine groups is 2. The van der Waals surface area contributed by atoms with Crippen molar-refractivity contribution in [3.63, 3.8) is 0 Å². The molecule has 3 saturated heterocycles. The maximum absolute atomic E-state index is 12.9. The van der Waals surface area contributed by atoms with Gasteiger partial charge < -0.3 is 19.0 Å². The lowest BCUT2D eigenvalue weighted by atomic mass is 9.93. The van der Waals surface area contributed by atoms with Gasteiger partial charge in [-0.1, -0.05) is 0 Å². The van der Waals surface area contributed by atoms with Crippen LogP contribution in [-0.4, -0.2) is 70.7 Å². The number of carbonyl (C=O) groups is 3. The van der Waals surface area contributed by atoms with Crippen molar-refractivity contribution in [1.82, 2.24) is 9.96 Å². The van der Waals surface area contributed by atoms with Crippen molar-refractivity contribution in [3.8, 4) is 0 Å². The molecular formula is C18H28N2O7. The van der Waals surface area contributed by atoms with Gasteiger partial charge in [0, 0.05) is 0 Å². The van der Waals surface area contributed by atoms with Crippen molar-refractivity contribution in [2.24, 2.45) is 5.92 Å². The molecule has 0 spiro atoms. The summed E-state index contributed by atoms with van der Waals surface area (Å²) >= 11 is 0. The summed E-state index contributed by atoms with van der Waals surface area (Å²) in [7, 11) is 0. The fraction of sp³-hybridized carbons (Fsp3) is 0.833. The van der Waals surface area contributed by atoms with E-state index in [1.807, 2.05) is 0 Å². The fourth-order valence-electron chi connectivity index (χ4n) is 4.03. The molecule has 0 aromatic rings. The molecule has 0 saturated carbocycles. The second-order valence-electron chi connectivity index (χ2n) is 8.55. The minimum absolute atomic E-state index is 0.218. The first-order chi connectivity index (χ1) is 12.5. The summed E-state index contributed by atoms with van der Waals surface area (Å²) in [5.41, 5.74) is -1.58. The van der Waals surface area contributed by atoms with Gasteiger partial charge >= 0.3 is 18.0 Å². The lowest BCUT2D eigenvalue weighted by molar-refractivity contribution is -0.200. The van der Waals surface area contributed by atoms with Crippen molar-refractivity contribution in [2.75, 3.05) is 13.2 Å². The topological polar surface area (TPSA) is 94.6 Å². The molecule has 0 aromatic heterocycles. The van der Waals surface area contributed by atoms with Gasteiger partial charge in [0.1, 0.15) is 17.4 Å². The molecule has 3 rings (SSSR count). The predicted octanol–water partition coefficient (Wildman–Crippen LogP) is 1.45. The van der Waals surface area contributed by atoms with Gasteiger partial charge in [-0.25, -0.2) is 9.59 Å². The van der Waals surface area contributed by atoms with E-state index in [0.29, 0.717) is 6.42 Å². The van der Waals surface area contributed by atoms with E-state index in [2.05, 4.69) is 0 Å². The van der Waals surface area contributed by atoms with E-state index in [1.54, 1.807) is 41.5 Å². The van der Waals surface area contributed by atoms with E-state index in [1.165, 1.54) is 9.96 Å². The third-order valence-electron chi connectivity index (χ3n) is 5.05. The fourth-order valence-corrected chi connectivity index (χ4v) is 4.03. The summed E-state index contributed by atoms with van der Waals surface area (Å²) in [6.45, 7) is 11.1. The lowest BCUT2D eigenvalue weighted by Crippen LogP contribution is -2.56. The summed E-state index contributed by atoms with van der Waals surface area (Å²) in [5, 5.41) is 1.39. The van der Waals surface area contributed by atoms with Gasteiger partial charge in [0.05, 0.1) is 31.2 Å². The van der Waals surface area contributed by atoms with Crippen LogP contribution in [-0.2, 0) is 28.6 Å². The first-order valence-corrected chi connectivity index (χ1v) is 9.29. The SMILES string of the molecule is CCOC(=O)[C@H]1C[C@@H]2C(=O)ON1[C@H]2[C@H]1COC(C)(C)N1C(=O)OC(C)(C)C. The number of hydrogen-bond donors (Lipinski definition) is 0. The Balaban J connectivity index is 1.86. The zero-order valence-corrected chi connectivity index (χ0v) is 16.7. The largest absolute Gasteiger partial charge is 0.465 e. The molecule has 1 unspecified atom stereocenters. The Labute approximate surface area is 158 Å². The van der Waals surface area contributed by atoms with Crippen LogP contribution in [0.5, 0.6) is 0 Å². The van der Waals surface area contributed by atoms with Crippen molar-refractivity contribution in [2.45, 2.75) is 77.4 Å². The van der Waals surface area contributed by atoms with Gasteiger partial charge in [-0.2, -0.15) is 0 Å². The molecule has 0 N–H and O–H groups in total. The van der Waals surface area contributed by atoms with Crippen molar-refractivity contribution in [3.05, 3.63) is 0 Å². The van der Waals surface area contributed by atoms with Gasteiger partial charge in [-0.3, -0.25) is 9.69 Å². The van der Waals surface area contributed by atoms with Crippen molar-refractivity contribution in [1.29, 1.82) is 0 Å². The molecule has 0 radical (unpaired) electrons. The molecule has 152 valence electrons. The summed E-state index contributed by atoms with van der Waals surface area (Å²) in [5.74, 6) is -1.35. The molecule has 3 fully saturated rings. The zero-order chi connectivity index (χ0) is 20.1. The number of esters is 1. The van der Waals surface area contributed by atoms with Crippen LogP contribution in [0, 0.1) is 5.92 Å². The van der Waals surface area contributed by atoms with Crippen molar-refractivity contribution < 1.29 is 33.4 Å². The van der Waals surface area contributed by atoms with Crippen LogP contribution in [0.3, 0.4) is 0 Å². The normalized spacial score (nSPS) is 34.5. The number of ether oxygens (including phenoxy) is 3. The number of hydrogen-bond acceptors (Lipinski definition) is 8. The molecule has 1 amide bonds. The monoisotopic (exact) mass is 384 g/mol. The maximum atomic E-state index is 12.9. The van der Waals surface area contributed by atoms with Crippen LogP contribution in [0.1, 0.15) is 48.0 Å². The number of rotatable bonds is 3. The first-order valence-electron chi connectivity index (χ1n) is 9.29. The standard InChI is InChI=1S/C18H28N2O7/c1-7-24-15(22)11-8-10-13(20(11)27-14(10)21)12-9-25-18(5,6)19(12)16(23)26-17(2,3)4/h10-13H,7-9H2,1-6H3/t10-,11+,12+,13+/m0/s1. The molecule has 9 nitrogen and oxygen atoms in total. The Morgan fingerprint density at radius 2 is 1.96 bits per heavy atom. The van der Waals surface area contributed by atoms with Gasteiger partial charge in [0.2, 0.25) is 0 Å². The van der Waals surface area contributed by atoms with Crippen LogP contribution in [0.25, 0.3) is 0 Å². The van der Waals surface area contributed by atoms with E-state index in [9.17, 15) is 14.4 Å². The molecular weight excluding hydrogens is 356 g/mol. The van der Waals surface area contributed by atoms with E-state index >= 15 is 0 Å². The smallest absolute Gasteiger partial charge is 0.412 e. The number of carbonyl (C=O) groups excluding carboxylic acids is 3. The van der Waals surface area contributed by atoms with Crippen LogP contribution >= 0.6 is 0 Å². The van der Waals surface area contributed by atoms with Gasteiger partial charge in [0.25, 0.3) is 0 Å². The highest BCUT2D eigenvalue weighted by Crippen LogP contribution is 2.44. The zero-order valence-electron chi connectivity index (χ0n) is 16.7. The highest BCUT2D eigenvalue weighted by atomic mass is 16.7. The molecule has 2 bridgehead atoms. The van der Waals surface area contributed by atoms with Crippen LogP contribution in [0.15, 0.2) is 0 Å². The average molecular weight is 384 g/mol. The molecule has 0 aromatic carbocycles. The van der Waals surface area contributed by atoms with Crippen molar-refractivity contribution >= 4 is 18.0 Å². The second-order valence-corrected chi connectivity index (χ2v) is 8.55. The molecule has 3 aliphatic heterocycles. The third kappa shape index (κ3) is 3.50. The summed E-state index contributed by atoms with van der Waals surface area (Å²) in [4.78, 5) is 44.1. The second kappa shape index (κ2) is 6.63. The summed E-state index contributed by atoms with van der Waals surface area (Å²) < 4.78 is 16.5. The Morgan fingerprint density at radius 3 is 2.56 bits per heavy atom. The summed E-state index contributed by atoms with van der Waals surface area (Å²) in [6.07, 6.45) is -0.218. The van der Waals surface area contributed by atoms with E-state index < -0.39 is 53.4 Å². The Bertz CT molecular complexity index is 642. The van der Waals surface area contributed by atoms with E-state index in [0.717, 1.165) is 0 Å². The van der Waals surface area contributed by atoms with E-state index in [4.69, 9.17) is 19.0 Å². The molecule has 9 heteroatoms. The molecule has 3 aliphatic rings. The Morgan fingerprint density at radius 1 is 1.30 bits per heavy atom. The molecule has 0 aliphatic carbocycles. The molecule has 27 heavy (non-hydrogen) atoms. The lowest BCUT2D eigenvalue weighted by Gasteiger charge is -2.37. The number of fused-ring (bicyclic) bond motifs is 2. The minimum Gasteiger partial charge on any atom is -0.465 e.